The molecule has 0 rings (SSSR count). The Morgan fingerprint density at radius 2 is 1.64 bits per heavy atom. The molecule has 188 valence electrons. The van der Waals surface area contributed by atoms with Gasteiger partial charge in [-0.1, -0.05) is 20.3 Å². The lowest BCUT2D eigenvalue weighted by molar-refractivity contribution is -0.143. The number of aliphatic imine (C=N–C) groups is 1. The van der Waals surface area contributed by atoms with Crippen LogP contribution in [0, 0.1) is 5.92 Å². The van der Waals surface area contributed by atoms with Crippen molar-refractivity contribution in [2.45, 2.75) is 64.1 Å². The lowest BCUT2D eigenvalue weighted by Gasteiger charge is -2.22. The molecule has 4 unspecified atom stereocenters. The van der Waals surface area contributed by atoms with Gasteiger partial charge in [-0.15, -0.1) is 0 Å². The second-order valence-electron chi connectivity index (χ2n) is 7.61. The van der Waals surface area contributed by atoms with Gasteiger partial charge in [-0.2, -0.15) is 0 Å². The first-order valence-corrected chi connectivity index (χ1v) is 10.6. The van der Waals surface area contributed by atoms with E-state index in [9.17, 15) is 29.1 Å². The Labute approximate surface area is 192 Å². The number of hydrogen-bond donors (Lipinski definition) is 8. The minimum Gasteiger partial charge on any atom is -0.480 e. The number of amides is 4. The number of carbonyl (C=O) groups excluding carboxylic acids is 4. The Bertz CT molecular complexity index is 725. The Morgan fingerprint density at radius 1 is 1.00 bits per heavy atom. The molecule has 12 N–H and O–H groups in total. The van der Waals surface area contributed by atoms with E-state index in [1.165, 1.54) is 0 Å². The summed E-state index contributed by atoms with van der Waals surface area (Å²) < 4.78 is 0. The van der Waals surface area contributed by atoms with Crippen LogP contribution in [0.3, 0.4) is 0 Å². The summed E-state index contributed by atoms with van der Waals surface area (Å²) in [6, 6.07) is -3.23. The number of carbonyl (C=O) groups is 5. The molecule has 0 aliphatic carbocycles. The lowest BCUT2D eigenvalue weighted by Crippen LogP contribution is -2.54. The minimum absolute atomic E-state index is 0.00188. The zero-order valence-electron chi connectivity index (χ0n) is 19.0. The average molecular weight is 473 g/mol. The zero-order valence-corrected chi connectivity index (χ0v) is 19.0. The molecular weight excluding hydrogens is 436 g/mol. The van der Waals surface area contributed by atoms with Crippen LogP contribution in [0.25, 0.3) is 0 Å². The van der Waals surface area contributed by atoms with Gasteiger partial charge in [0.15, 0.2) is 5.96 Å². The van der Waals surface area contributed by atoms with Gasteiger partial charge in [0, 0.05) is 13.0 Å². The van der Waals surface area contributed by atoms with E-state index in [1.54, 1.807) is 13.8 Å². The lowest BCUT2D eigenvalue weighted by atomic mass is 9.99. The molecule has 0 aromatic carbocycles. The number of hydrogen-bond acceptors (Lipinski definition) is 7. The standard InChI is InChI=1S/C19H36N8O6/c1-3-10(2)15(18(32)33)27-14(29)9-25-17(31)12(5-4-8-24-19(22)23)26-16(30)11(20)6-7-13(21)28/h10-12,15H,3-9,20H2,1-2H3,(H2,21,28)(H,25,31)(H,26,30)(H,27,29)(H,32,33)(H4,22,23,24). The van der Waals surface area contributed by atoms with Crippen LogP contribution in [-0.2, 0) is 24.0 Å². The van der Waals surface area contributed by atoms with Gasteiger partial charge in [0.25, 0.3) is 0 Å². The summed E-state index contributed by atoms with van der Waals surface area (Å²) in [5.74, 6) is -4.29. The fourth-order valence-corrected chi connectivity index (χ4v) is 2.68. The number of nitrogens with one attached hydrogen (secondary N) is 3. The molecule has 0 aromatic heterocycles. The second kappa shape index (κ2) is 15.4. The quantitative estimate of drug-likeness (QED) is 0.0639. The van der Waals surface area contributed by atoms with Crippen molar-refractivity contribution in [2.75, 3.05) is 13.1 Å². The highest BCUT2D eigenvalue weighted by Gasteiger charge is 2.27. The molecule has 0 fully saturated rings. The first kappa shape index (κ1) is 29.6. The molecule has 4 atom stereocenters. The fraction of sp³-hybridized carbons (Fsp3) is 0.684. The van der Waals surface area contributed by atoms with Gasteiger partial charge in [0.1, 0.15) is 12.1 Å². The molecule has 0 aromatic rings. The smallest absolute Gasteiger partial charge is 0.326 e. The maximum atomic E-state index is 12.6. The number of carboxylic acid groups (broad SMARTS) is 1. The summed E-state index contributed by atoms with van der Waals surface area (Å²) in [5, 5.41) is 16.5. The Hall–Kier alpha value is -3.42. The molecule has 0 saturated heterocycles. The maximum Gasteiger partial charge on any atom is 0.326 e. The third kappa shape index (κ3) is 12.9. The van der Waals surface area contributed by atoms with Gasteiger partial charge < -0.3 is 44.0 Å². The van der Waals surface area contributed by atoms with E-state index in [1.807, 2.05) is 0 Å². The molecule has 33 heavy (non-hydrogen) atoms. The molecule has 14 nitrogen and oxygen atoms in total. The van der Waals surface area contributed by atoms with Crippen molar-refractivity contribution in [3.63, 3.8) is 0 Å². The summed E-state index contributed by atoms with van der Waals surface area (Å²) in [7, 11) is 0. The average Bonchev–Trinajstić information content (AvgIpc) is 2.74. The molecule has 0 aliphatic heterocycles. The van der Waals surface area contributed by atoms with Crippen molar-refractivity contribution in [2.24, 2.45) is 33.8 Å². The monoisotopic (exact) mass is 472 g/mol. The normalized spacial score (nSPS) is 14.2. The van der Waals surface area contributed by atoms with Crippen LogP contribution in [0.2, 0.25) is 0 Å². The summed E-state index contributed by atoms with van der Waals surface area (Å²) in [6.07, 6.45) is 0.885. The van der Waals surface area contributed by atoms with Crippen LogP contribution < -0.4 is 38.9 Å². The highest BCUT2D eigenvalue weighted by Crippen LogP contribution is 2.07. The Kier molecular flexibility index (Phi) is 13.8. The molecular formula is C19H36N8O6. The minimum atomic E-state index is -1.18. The van der Waals surface area contributed by atoms with Crippen molar-refractivity contribution in [1.29, 1.82) is 0 Å². The number of guanidine groups is 1. The van der Waals surface area contributed by atoms with Crippen LogP contribution in [0.4, 0.5) is 0 Å². The van der Waals surface area contributed by atoms with E-state index in [4.69, 9.17) is 22.9 Å². The van der Waals surface area contributed by atoms with E-state index >= 15 is 0 Å². The first-order chi connectivity index (χ1) is 15.4. The van der Waals surface area contributed by atoms with Crippen molar-refractivity contribution < 1.29 is 29.1 Å². The Balaban J connectivity index is 5.03. The van der Waals surface area contributed by atoms with Crippen LogP contribution >= 0.6 is 0 Å². The van der Waals surface area contributed by atoms with Gasteiger partial charge in [-0.25, -0.2) is 4.79 Å². The van der Waals surface area contributed by atoms with Crippen LogP contribution in [0.5, 0.6) is 0 Å². The largest absolute Gasteiger partial charge is 0.480 e. The maximum absolute atomic E-state index is 12.6. The van der Waals surface area contributed by atoms with E-state index in [2.05, 4.69) is 20.9 Å². The SMILES string of the molecule is CCC(C)C(NC(=O)CNC(=O)C(CCCN=C(N)N)NC(=O)C(N)CCC(N)=O)C(=O)O. The number of carboxylic acids is 1. The van der Waals surface area contributed by atoms with Gasteiger partial charge >= 0.3 is 5.97 Å². The highest BCUT2D eigenvalue weighted by molar-refractivity contribution is 5.92. The summed E-state index contributed by atoms with van der Waals surface area (Å²) in [5.41, 5.74) is 21.3. The summed E-state index contributed by atoms with van der Waals surface area (Å²) in [6.45, 7) is 3.18. The fourth-order valence-electron chi connectivity index (χ4n) is 2.68. The van der Waals surface area contributed by atoms with Crippen molar-refractivity contribution in [3.8, 4) is 0 Å². The number of primary amides is 1. The van der Waals surface area contributed by atoms with E-state index in [0.717, 1.165) is 0 Å². The first-order valence-electron chi connectivity index (χ1n) is 10.6. The van der Waals surface area contributed by atoms with Crippen molar-refractivity contribution in [1.82, 2.24) is 16.0 Å². The second-order valence-corrected chi connectivity index (χ2v) is 7.61. The molecule has 4 amide bonds. The van der Waals surface area contributed by atoms with E-state index in [0.29, 0.717) is 12.8 Å². The molecule has 0 aliphatic rings. The topological polar surface area (TPSA) is 258 Å². The van der Waals surface area contributed by atoms with Gasteiger partial charge in [0.05, 0.1) is 12.6 Å². The van der Waals surface area contributed by atoms with Crippen molar-refractivity contribution >= 4 is 35.6 Å². The number of nitrogens with two attached hydrogens (primary N) is 4. The molecule has 0 radical (unpaired) electrons. The van der Waals surface area contributed by atoms with Crippen LogP contribution in [0.15, 0.2) is 4.99 Å². The van der Waals surface area contributed by atoms with Gasteiger partial charge in [0.2, 0.25) is 23.6 Å². The molecule has 0 heterocycles. The van der Waals surface area contributed by atoms with Crippen LogP contribution in [-0.4, -0.2) is 71.9 Å². The molecule has 0 bridgehead atoms. The molecule has 0 spiro atoms. The Morgan fingerprint density at radius 3 is 2.15 bits per heavy atom. The van der Waals surface area contributed by atoms with E-state index < -0.39 is 54.3 Å². The number of aliphatic carboxylic acids is 1. The van der Waals surface area contributed by atoms with Crippen molar-refractivity contribution in [3.05, 3.63) is 0 Å². The summed E-state index contributed by atoms with van der Waals surface area (Å²) >= 11 is 0. The van der Waals surface area contributed by atoms with Gasteiger partial charge in [-0.05, 0) is 25.2 Å². The predicted octanol–water partition coefficient (Wildman–Crippen LogP) is -3.15. The van der Waals surface area contributed by atoms with E-state index in [-0.39, 0.29) is 37.7 Å². The summed E-state index contributed by atoms with van der Waals surface area (Å²) in [4.78, 5) is 63.0. The van der Waals surface area contributed by atoms with Crippen LogP contribution in [0.1, 0.15) is 46.0 Å². The third-order valence-corrected chi connectivity index (χ3v) is 4.84. The molecule has 0 saturated carbocycles. The predicted molar refractivity (Wildman–Crippen MR) is 120 cm³/mol. The highest BCUT2D eigenvalue weighted by atomic mass is 16.4. The number of rotatable bonds is 16. The van der Waals surface area contributed by atoms with Gasteiger partial charge in [-0.3, -0.25) is 24.2 Å². The number of nitrogens with zero attached hydrogens (tertiary/aromatic N) is 1. The zero-order chi connectivity index (χ0) is 25.6. The molecule has 14 heteroatoms. The third-order valence-electron chi connectivity index (χ3n) is 4.84.